The van der Waals surface area contributed by atoms with Crippen LogP contribution in [0.5, 0.6) is 0 Å². The standard InChI is InChI=1S/C13H16O3/c14-11-9-7-5-3-1-2-4-6-8-10-13(16)12-15/h4,6-7,9,13-16H,8,10-12H2. The molecule has 0 spiro atoms. The summed E-state index contributed by atoms with van der Waals surface area (Å²) in [5.74, 6) is 10.5. The molecule has 3 heteroatoms. The van der Waals surface area contributed by atoms with Gasteiger partial charge in [-0.2, -0.15) is 0 Å². The first kappa shape index (κ1) is 14.5. The van der Waals surface area contributed by atoms with Crippen molar-refractivity contribution in [3.63, 3.8) is 0 Å². The average molecular weight is 220 g/mol. The molecule has 0 aromatic rings. The third kappa shape index (κ3) is 10.6. The summed E-state index contributed by atoms with van der Waals surface area (Å²) in [4.78, 5) is 0. The molecule has 0 saturated carbocycles. The first-order chi connectivity index (χ1) is 7.81. The Morgan fingerprint density at radius 1 is 1.00 bits per heavy atom. The minimum absolute atomic E-state index is 0.0187. The zero-order valence-electron chi connectivity index (χ0n) is 9.06. The van der Waals surface area contributed by atoms with E-state index >= 15 is 0 Å². The maximum atomic E-state index is 9.01. The fourth-order valence-electron chi connectivity index (χ4n) is 0.789. The van der Waals surface area contributed by atoms with E-state index in [0.717, 1.165) is 0 Å². The molecule has 0 aliphatic carbocycles. The summed E-state index contributed by atoms with van der Waals surface area (Å²) < 4.78 is 0. The van der Waals surface area contributed by atoms with Crippen LogP contribution in [-0.2, 0) is 0 Å². The van der Waals surface area contributed by atoms with Gasteiger partial charge in [-0.05, 0) is 36.8 Å². The van der Waals surface area contributed by atoms with Gasteiger partial charge in [0, 0.05) is 0 Å². The van der Waals surface area contributed by atoms with Crippen LogP contribution < -0.4 is 0 Å². The topological polar surface area (TPSA) is 60.7 Å². The molecular weight excluding hydrogens is 204 g/mol. The molecule has 3 N–H and O–H groups in total. The second kappa shape index (κ2) is 11.6. The molecule has 86 valence electrons. The molecular formula is C13H16O3. The van der Waals surface area contributed by atoms with E-state index in [9.17, 15) is 0 Å². The molecule has 0 aliphatic heterocycles. The quantitative estimate of drug-likeness (QED) is 0.581. The van der Waals surface area contributed by atoms with Gasteiger partial charge in [-0.15, -0.1) is 0 Å². The van der Waals surface area contributed by atoms with Crippen molar-refractivity contribution in [1.29, 1.82) is 0 Å². The molecule has 0 aromatic heterocycles. The van der Waals surface area contributed by atoms with Gasteiger partial charge in [0.15, 0.2) is 0 Å². The summed E-state index contributed by atoms with van der Waals surface area (Å²) in [6.45, 7) is -0.225. The minimum Gasteiger partial charge on any atom is -0.394 e. The molecule has 16 heavy (non-hydrogen) atoms. The molecule has 0 radical (unpaired) electrons. The number of hydrogen-bond acceptors (Lipinski definition) is 3. The number of aliphatic hydroxyl groups excluding tert-OH is 3. The molecule has 0 aliphatic rings. The fourth-order valence-corrected chi connectivity index (χ4v) is 0.789. The van der Waals surface area contributed by atoms with E-state index in [1.165, 1.54) is 12.2 Å². The first-order valence-corrected chi connectivity index (χ1v) is 5.02. The normalized spacial score (nSPS) is 11.9. The van der Waals surface area contributed by atoms with Crippen LogP contribution in [0.1, 0.15) is 12.8 Å². The Balaban J connectivity index is 3.69. The van der Waals surface area contributed by atoms with Crippen LogP contribution in [0.25, 0.3) is 0 Å². The Morgan fingerprint density at radius 3 is 2.19 bits per heavy atom. The molecule has 0 fully saturated rings. The van der Waals surface area contributed by atoms with Gasteiger partial charge in [-0.1, -0.05) is 24.0 Å². The Kier molecular flexibility index (Phi) is 10.5. The van der Waals surface area contributed by atoms with Gasteiger partial charge in [0.25, 0.3) is 0 Å². The molecule has 1 unspecified atom stereocenters. The van der Waals surface area contributed by atoms with Crippen molar-refractivity contribution in [1.82, 2.24) is 0 Å². The lowest BCUT2D eigenvalue weighted by atomic mass is 10.2. The van der Waals surface area contributed by atoms with Crippen LogP contribution in [0.3, 0.4) is 0 Å². The van der Waals surface area contributed by atoms with Crippen molar-refractivity contribution in [3.05, 3.63) is 24.3 Å². The zero-order valence-corrected chi connectivity index (χ0v) is 9.06. The van der Waals surface area contributed by atoms with E-state index in [-0.39, 0.29) is 13.2 Å². The summed E-state index contributed by atoms with van der Waals surface area (Å²) in [6, 6.07) is 0. The van der Waals surface area contributed by atoms with Crippen LogP contribution in [0.15, 0.2) is 24.3 Å². The van der Waals surface area contributed by atoms with Crippen molar-refractivity contribution >= 4 is 0 Å². The lowest BCUT2D eigenvalue weighted by molar-refractivity contribution is 0.0891. The highest BCUT2D eigenvalue weighted by Gasteiger charge is 1.97. The average Bonchev–Trinajstić information content (AvgIpc) is 2.31. The van der Waals surface area contributed by atoms with Gasteiger partial charge in [0.1, 0.15) is 0 Å². The van der Waals surface area contributed by atoms with Crippen molar-refractivity contribution in [3.8, 4) is 23.7 Å². The molecule has 0 rings (SSSR count). The number of allylic oxidation sites excluding steroid dienone is 3. The summed E-state index contributed by atoms with van der Waals surface area (Å²) in [6.07, 6.45) is 7.09. The van der Waals surface area contributed by atoms with E-state index in [1.54, 1.807) is 6.08 Å². The Hall–Kier alpha value is -1.52. The lowest BCUT2D eigenvalue weighted by Crippen LogP contribution is -2.10. The van der Waals surface area contributed by atoms with Crippen LogP contribution in [0.4, 0.5) is 0 Å². The molecule has 0 saturated heterocycles. The lowest BCUT2D eigenvalue weighted by Gasteiger charge is -2.01. The van der Waals surface area contributed by atoms with Crippen LogP contribution >= 0.6 is 0 Å². The highest BCUT2D eigenvalue weighted by Crippen LogP contribution is 1.96. The molecule has 0 aromatic carbocycles. The highest BCUT2D eigenvalue weighted by atomic mass is 16.3. The van der Waals surface area contributed by atoms with Gasteiger partial charge in [0.2, 0.25) is 0 Å². The fraction of sp³-hybridized carbons (Fsp3) is 0.385. The van der Waals surface area contributed by atoms with Gasteiger partial charge in [-0.25, -0.2) is 0 Å². The third-order valence-electron chi connectivity index (χ3n) is 1.59. The summed E-state index contributed by atoms with van der Waals surface area (Å²) in [5.41, 5.74) is 0. The van der Waals surface area contributed by atoms with Crippen LogP contribution in [0, 0.1) is 23.7 Å². The van der Waals surface area contributed by atoms with E-state index in [1.807, 2.05) is 6.08 Å². The molecule has 0 amide bonds. The second-order valence-electron chi connectivity index (χ2n) is 2.94. The maximum absolute atomic E-state index is 9.01. The molecule has 0 heterocycles. The number of hydrogen-bond donors (Lipinski definition) is 3. The van der Waals surface area contributed by atoms with Gasteiger partial charge >= 0.3 is 0 Å². The van der Waals surface area contributed by atoms with E-state index in [4.69, 9.17) is 15.3 Å². The van der Waals surface area contributed by atoms with E-state index in [0.29, 0.717) is 12.8 Å². The summed E-state index contributed by atoms with van der Waals surface area (Å²) >= 11 is 0. The van der Waals surface area contributed by atoms with E-state index < -0.39 is 6.10 Å². The smallest absolute Gasteiger partial charge is 0.0773 e. The van der Waals surface area contributed by atoms with Crippen molar-refractivity contribution in [2.24, 2.45) is 0 Å². The zero-order chi connectivity index (χ0) is 12.1. The summed E-state index contributed by atoms with van der Waals surface area (Å²) in [7, 11) is 0. The highest BCUT2D eigenvalue weighted by molar-refractivity contribution is 5.33. The molecule has 1 atom stereocenters. The second-order valence-corrected chi connectivity index (χ2v) is 2.94. The molecule has 3 nitrogen and oxygen atoms in total. The monoisotopic (exact) mass is 220 g/mol. The third-order valence-corrected chi connectivity index (χ3v) is 1.59. The molecule has 0 bridgehead atoms. The van der Waals surface area contributed by atoms with Gasteiger partial charge in [-0.3, -0.25) is 0 Å². The largest absolute Gasteiger partial charge is 0.394 e. The van der Waals surface area contributed by atoms with Crippen LogP contribution in [-0.4, -0.2) is 34.6 Å². The first-order valence-electron chi connectivity index (χ1n) is 5.02. The van der Waals surface area contributed by atoms with Crippen molar-refractivity contribution in [2.75, 3.05) is 13.2 Å². The summed E-state index contributed by atoms with van der Waals surface area (Å²) in [5, 5.41) is 25.9. The Labute approximate surface area is 96.1 Å². The van der Waals surface area contributed by atoms with Crippen molar-refractivity contribution < 1.29 is 15.3 Å². The SMILES string of the molecule is OCC=CC#CC#CC=CCCC(O)CO. The van der Waals surface area contributed by atoms with Crippen molar-refractivity contribution in [2.45, 2.75) is 18.9 Å². The van der Waals surface area contributed by atoms with Gasteiger partial charge < -0.3 is 15.3 Å². The Morgan fingerprint density at radius 2 is 1.62 bits per heavy atom. The number of rotatable bonds is 5. The predicted octanol–water partition coefficient (Wildman–Crippen LogP) is 0.231. The Bertz CT molecular complexity index is 334. The van der Waals surface area contributed by atoms with E-state index in [2.05, 4.69) is 23.7 Å². The predicted molar refractivity (Wildman–Crippen MR) is 63.2 cm³/mol. The maximum Gasteiger partial charge on any atom is 0.0773 e. The number of aliphatic hydroxyl groups is 3. The van der Waals surface area contributed by atoms with Crippen LogP contribution in [0.2, 0.25) is 0 Å². The van der Waals surface area contributed by atoms with Gasteiger partial charge in [0.05, 0.1) is 19.3 Å². The minimum atomic E-state index is -0.652.